The lowest BCUT2D eigenvalue weighted by Crippen LogP contribution is -2.47. The highest BCUT2D eigenvalue weighted by molar-refractivity contribution is 5.95. The van der Waals surface area contributed by atoms with Crippen molar-refractivity contribution >= 4 is 11.9 Å². The summed E-state index contributed by atoms with van der Waals surface area (Å²) in [6, 6.07) is 1.29. The van der Waals surface area contributed by atoms with Gasteiger partial charge in [-0.2, -0.15) is 5.10 Å². The molecule has 0 radical (unpaired) electrons. The van der Waals surface area contributed by atoms with E-state index < -0.39 is 5.97 Å². The number of carboxylic acid groups (broad SMARTS) is 1. The Hall–Kier alpha value is -1.89. The molecule has 0 spiro atoms. The second-order valence-corrected chi connectivity index (χ2v) is 4.80. The van der Waals surface area contributed by atoms with Crippen LogP contribution in [0.2, 0.25) is 0 Å². The SMILES string of the molecule is CC(C)n1nc(C(=O)O)cc1C(=O)N1CCNCC1. The molecule has 0 atom stereocenters. The third-order valence-corrected chi connectivity index (χ3v) is 3.07. The molecule has 1 amide bonds. The van der Waals surface area contributed by atoms with Crippen LogP contribution in [0.5, 0.6) is 0 Å². The van der Waals surface area contributed by atoms with Crippen molar-refractivity contribution in [3.63, 3.8) is 0 Å². The van der Waals surface area contributed by atoms with E-state index >= 15 is 0 Å². The molecule has 0 aromatic carbocycles. The first-order chi connectivity index (χ1) is 9.00. The van der Waals surface area contributed by atoms with Crippen molar-refractivity contribution < 1.29 is 14.7 Å². The van der Waals surface area contributed by atoms with Crippen molar-refractivity contribution in [3.05, 3.63) is 17.5 Å². The molecule has 1 aliphatic rings. The average molecular weight is 266 g/mol. The summed E-state index contributed by atoms with van der Waals surface area (Å²) in [6.07, 6.45) is 0. The van der Waals surface area contributed by atoms with Gasteiger partial charge in [-0.1, -0.05) is 0 Å². The Morgan fingerprint density at radius 1 is 1.37 bits per heavy atom. The molecule has 19 heavy (non-hydrogen) atoms. The average Bonchev–Trinajstić information content (AvgIpc) is 2.84. The van der Waals surface area contributed by atoms with Gasteiger partial charge in [0.2, 0.25) is 0 Å². The topological polar surface area (TPSA) is 87.5 Å². The molecular formula is C12H18N4O3. The number of piperazine rings is 1. The second-order valence-electron chi connectivity index (χ2n) is 4.80. The van der Waals surface area contributed by atoms with E-state index in [-0.39, 0.29) is 17.6 Å². The summed E-state index contributed by atoms with van der Waals surface area (Å²) in [5.41, 5.74) is 0.251. The number of aromatic carboxylic acids is 1. The van der Waals surface area contributed by atoms with E-state index in [0.717, 1.165) is 13.1 Å². The van der Waals surface area contributed by atoms with Crippen molar-refractivity contribution in [1.29, 1.82) is 0 Å². The highest BCUT2D eigenvalue weighted by atomic mass is 16.4. The van der Waals surface area contributed by atoms with Crippen molar-refractivity contribution in [2.75, 3.05) is 26.2 Å². The normalized spacial score (nSPS) is 15.8. The Kier molecular flexibility index (Phi) is 3.84. The molecule has 7 nitrogen and oxygen atoms in total. The molecule has 1 aliphatic heterocycles. The summed E-state index contributed by atoms with van der Waals surface area (Å²) in [5.74, 6) is -1.27. The third kappa shape index (κ3) is 2.76. The van der Waals surface area contributed by atoms with Gasteiger partial charge < -0.3 is 15.3 Å². The fraction of sp³-hybridized carbons (Fsp3) is 0.583. The maximum Gasteiger partial charge on any atom is 0.356 e. The van der Waals surface area contributed by atoms with Gasteiger partial charge >= 0.3 is 5.97 Å². The number of nitrogens with zero attached hydrogens (tertiary/aromatic N) is 3. The molecule has 0 bridgehead atoms. The van der Waals surface area contributed by atoms with Crippen LogP contribution in [0.25, 0.3) is 0 Å². The van der Waals surface area contributed by atoms with Crippen LogP contribution in [-0.2, 0) is 0 Å². The van der Waals surface area contributed by atoms with E-state index in [4.69, 9.17) is 5.11 Å². The van der Waals surface area contributed by atoms with Crippen LogP contribution < -0.4 is 5.32 Å². The molecule has 2 heterocycles. The van der Waals surface area contributed by atoms with Gasteiger partial charge in [-0.25, -0.2) is 4.79 Å². The van der Waals surface area contributed by atoms with Crippen LogP contribution >= 0.6 is 0 Å². The molecule has 0 saturated carbocycles. The van der Waals surface area contributed by atoms with Gasteiger partial charge in [-0.3, -0.25) is 9.48 Å². The quantitative estimate of drug-likeness (QED) is 0.816. The third-order valence-electron chi connectivity index (χ3n) is 3.07. The van der Waals surface area contributed by atoms with Crippen LogP contribution in [0, 0.1) is 0 Å². The first-order valence-corrected chi connectivity index (χ1v) is 6.33. The van der Waals surface area contributed by atoms with Crippen LogP contribution in [-0.4, -0.2) is 57.8 Å². The number of amides is 1. The smallest absolute Gasteiger partial charge is 0.356 e. The maximum atomic E-state index is 12.4. The van der Waals surface area contributed by atoms with Crippen LogP contribution in [0.4, 0.5) is 0 Å². The number of carbonyl (C=O) groups excluding carboxylic acids is 1. The predicted octanol–water partition coefficient (Wildman–Crippen LogP) is 0.208. The van der Waals surface area contributed by atoms with E-state index in [1.165, 1.54) is 10.7 Å². The van der Waals surface area contributed by atoms with Gasteiger partial charge in [-0.15, -0.1) is 0 Å². The zero-order valence-corrected chi connectivity index (χ0v) is 11.1. The fourth-order valence-electron chi connectivity index (χ4n) is 2.08. The molecule has 0 aliphatic carbocycles. The molecular weight excluding hydrogens is 248 g/mol. The lowest BCUT2D eigenvalue weighted by atomic mass is 10.2. The van der Waals surface area contributed by atoms with Crippen molar-refractivity contribution in [2.45, 2.75) is 19.9 Å². The zero-order valence-electron chi connectivity index (χ0n) is 11.1. The summed E-state index contributed by atoms with van der Waals surface area (Å²) in [6.45, 7) is 6.51. The number of nitrogens with one attached hydrogen (secondary N) is 1. The minimum Gasteiger partial charge on any atom is -0.476 e. The molecule has 1 aromatic rings. The first kappa shape index (κ1) is 13.5. The number of carboxylic acids is 1. The van der Waals surface area contributed by atoms with Crippen LogP contribution in [0.1, 0.15) is 40.9 Å². The van der Waals surface area contributed by atoms with Gasteiger partial charge in [-0.05, 0) is 13.8 Å². The second kappa shape index (κ2) is 5.40. The fourth-order valence-corrected chi connectivity index (χ4v) is 2.08. The maximum absolute atomic E-state index is 12.4. The summed E-state index contributed by atoms with van der Waals surface area (Å²) in [7, 11) is 0. The Morgan fingerprint density at radius 3 is 2.53 bits per heavy atom. The molecule has 104 valence electrons. The summed E-state index contributed by atoms with van der Waals surface area (Å²) in [5, 5.41) is 16.1. The Balaban J connectivity index is 2.31. The molecule has 1 fully saturated rings. The number of carbonyl (C=O) groups is 2. The lowest BCUT2D eigenvalue weighted by molar-refractivity contribution is 0.0687. The molecule has 1 aromatic heterocycles. The Morgan fingerprint density at radius 2 is 2.00 bits per heavy atom. The minimum atomic E-state index is -1.12. The van der Waals surface area contributed by atoms with Gasteiger partial charge in [0.25, 0.3) is 5.91 Å². The zero-order chi connectivity index (χ0) is 14.0. The van der Waals surface area contributed by atoms with E-state index in [1.807, 2.05) is 13.8 Å². The standard InChI is InChI=1S/C12H18N4O3/c1-8(2)16-10(7-9(14-16)12(18)19)11(17)15-5-3-13-4-6-15/h7-8,13H,3-6H2,1-2H3,(H,18,19). The molecule has 2 rings (SSSR count). The highest BCUT2D eigenvalue weighted by Crippen LogP contribution is 2.14. The predicted molar refractivity (Wildman–Crippen MR) is 68.3 cm³/mol. The minimum absolute atomic E-state index is 0.0602. The van der Waals surface area contributed by atoms with Gasteiger partial charge in [0.05, 0.1) is 0 Å². The number of hydrogen-bond acceptors (Lipinski definition) is 4. The van der Waals surface area contributed by atoms with Crippen molar-refractivity contribution in [3.8, 4) is 0 Å². The Labute approximate surface area is 111 Å². The monoisotopic (exact) mass is 266 g/mol. The molecule has 7 heteroatoms. The molecule has 2 N–H and O–H groups in total. The lowest BCUT2D eigenvalue weighted by Gasteiger charge is -2.27. The van der Waals surface area contributed by atoms with Gasteiger partial charge in [0.15, 0.2) is 5.69 Å². The number of hydrogen-bond donors (Lipinski definition) is 2. The largest absolute Gasteiger partial charge is 0.476 e. The molecule has 0 unspecified atom stereocenters. The number of rotatable bonds is 3. The summed E-state index contributed by atoms with van der Waals surface area (Å²) >= 11 is 0. The Bertz CT molecular complexity index is 489. The summed E-state index contributed by atoms with van der Waals surface area (Å²) < 4.78 is 1.48. The van der Waals surface area contributed by atoms with E-state index in [2.05, 4.69) is 10.4 Å². The first-order valence-electron chi connectivity index (χ1n) is 6.33. The molecule has 1 saturated heterocycles. The van der Waals surface area contributed by atoms with Gasteiger partial charge in [0.1, 0.15) is 5.69 Å². The van der Waals surface area contributed by atoms with E-state index in [1.54, 1.807) is 4.90 Å². The number of aromatic nitrogens is 2. The summed E-state index contributed by atoms with van der Waals surface area (Å²) in [4.78, 5) is 25.1. The van der Waals surface area contributed by atoms with Crippen LogP contribution in [0.3, 0.4) is 0 Å². The van der Waals surface area contributed by atoms with E-state index in [0.29, 0.717) is 18.8 Å². The van der Waals surface area contributed by atoms with E-state index in [9.17, 15) is 9.59 Å². The highest BCUT2D eigenvalue weighted by Gasteiger charge is 2.25. The van der Waals surface area contributed by atoms with Crippen LogP contribution in [0.15, 0.2) is 6.07 Å². The van der Waals surface area contributed by atoms with Crippen molar-refractivity contribution in [1.82, 2.24) is 20.0 Å². The van der Waals surface area contributed by atoms with Crippen molar-refractivity contribution in [2.24, 2.45) is 0 Å². The van der Waals surface area contributed by atoms with Gasteiger partial charge in [0, 0.05) is 38.3 Å².